The number of hydrogen-bond donors (Lipinski definition) is 0. The van der Waals surface area contributed by atoms with Gasteiger partial charge in [0.15, 0.2) is 0 Å². The molecular weight excluding hydrogens is 298 g/mol. The maximum Gasteiger partial charge on any atom is 0.233 e. The Bertz CT molecular complexity index is 733. The molecular formula is C20H27N3O. The summed E-state index contributed by atoms with van der Waals surface area (Å²) in [5.74, 6) is 1.11. The molecule has 0 N–H and O–H groups in total. The quantitative estimate of drug-likeness (QED) is 0.864. The number of carbonyl (C=O) groups is 1. The van der Waals surface area contributed by atoms with Crippen LogP contribution in [0.4, 0.5) is 0 Å². The lowest BCUT2D eigenvalue weighted by Crippen LogP contribution is -2.36. The van der Waals surface area contributed by atoms with E-state index in [-0.39, 0.29) is 16.7 Å². The molecule has 0 bridgehead atoms. The molecule has 24 heavy (non-hydrogen) atoms. The molecule has 1 fully saturated rings. The van der Waals surface area contributed by atoms with Crippen molar-refractivity contribution in [3.05, 3.63) is 53.6 Å². The Morgan fingerprint density at radius 1 is 1.25 bits per heavy atom. The van der Waals surface area contributed by atoms with Crippen molar-refractivity contribution in [2.45, 2.75) is 51.0 Å². The summed E-state index contributed by atoms with van der Waals surface area (Å²) in [6.07, 6.45) is 5.55. The topological polar surface area (TPSA) is 38.1 Å². The number of rotatable bonds is 4. The van der Waals surface area contributed by atoms with Gasteiger partial charge in [-0.3, -0.25) is 4.79 Å². The van der Waals surface area contributed by atoms with Gasteiger partial charge in [0.2, 0.25) is 5.91 Å². The van der Waals surface area contributed by atoms with Gasteiger partial charge in [0, 0.05) is 26.5 Å². The minimum Gasteiger partial charge on any atom is -0.338 e. The molecule has 1 aliphatic rings. The Labute approximate surface area is 144 Å². The van der Waals surface area contributed by atoms with Crippen molar-refractivity contribution in [3.63, 3.8) is 0 Å². The summed E-state index contributed by atoms with van der Waals surface area (Å²) in [5.41, 5.74) is 2.26. The highest BCUT2D eigenvalue weighted by molar-refractivity contribution is 5.91. The SMILES string of the molecule is CN(Cc1nccn1C)C(=O)C1(c2ccc(C(C)(C)C)cc2)CC1. The first-order chi connectivity index (χ1) is 11.2. The number of amides is 1. The fourth-order valence-electron chi connectivity index (χ4n) is 3.24. The van der Waals surface area contributed by atoms with Gasteiger partial charge in [-0.15, -0.1) is 0 Å². The molecule has 0 aliphatic heterocycles. The zero-order chi connectivity index (χ0) is 17.5. The van der Waals surface area contributed by atoms with Crippen LogP contribution >= 0.6 is 0 Å². The molecule has 2 aromatic rings. The average molecular weight is 325 g/mol. The number of aromatic nitrogens is 2. The number of benzene rings is 1. The van der Waals surface area contributed by atoms with Crippen molar-refractivity contribution < 1.29 is 4.79 Å². The van der Waals surface area contributed by atoms with E-state index in [1.165, 1.54) is 5.56 Å². The lowest BCUT2D eigenvalue weighted by Gasteiger charge is -2.25. The van der Waals surface area contributed by atoms with Crippen LogP contribution in [-0.4, -0.2) is 27.4 Å². The van der Waals surface area contributed by atoms with Gasteiger partial charge in [-0.05, 0) is 29.4 Å². The number of likely N-dealkylation sites (N-methyl/N-ethyl adjacent to an activating group) is 1. The van der Waals surface area contributed by atoms with Crippen LogP contribution in [0.1, 0.15) is 50.6 Å². The van der Waals surface area contributed by atoms with E-state index in [4.69, 9.17) is 0 Å². The molecule has 1 aromatic carbocycles. The van der Waals surface area contributed by atoms with Crippen molar-refractivity contribution in [2.24, 2.45) is 7.05 Å². The monoisotopic (exact) mass is 325 g/mol. The van der Waals surface area contributed by atoms with E-state index in [0.29, 0.717) is 6.54 Å². The number of carbonyl (C=O) groups excluding carboxylic acids is 1. The second kappa shape index (κ2) is 5.76. The number of aryl methyl sites for hydroxylation is 1. The Kier molecular flexibility index (Phi) is 4.02. The van der Waals surface area contributed by atoms with E-state index in [1.54, 1.807) is 6.20 Å². The fraction of sp³-hybridized carbons (Fsp3) is 0.500. The second-order valence-electron chi connectivity index (χ2n) is 8.03. The third kappa shape index (κ3) is 2.97. The molecule has 3 rings (SSSR count). The van der Waals surface area contributed by atoms with Gasteiger partial charge in [0.1, 0.15) is 5.82 Å². The van der Waals surface area contributed by atoms with Gasteiger partial charge in [-0.2, -0.15) is 0 Å². The summed E-state index contributed by atoms with van der Waals surface area (Å²) >= 11 is 0. The molecule has 0 radical (unpaired) electrons. The van der Waals surface area contributed by atoms with Crippen LogP contribution in [-0.2, 0) is 29.2 Å². The third-order valence-electron chi connectivity index (χ3n) is 5.11. The standard InChI is InChI=1S/C20H27N3O/c1-19(2,3)15-6-8-16(9-7-15)20(10-11-20)18(24)23(5)14-17-21-12-13-22(17)4/h6-9,12-13H,10-11,14H2,1-5H3. The van der Waals surface area contributed by atoms with E-state index in [9.17, 15) is 4.79 Å². The zero-order valence-electron chi connectivity index (χ0n) is 15.3. The minimum absolute atomic E-state index is 0.133. The predicted molar refractivity (Wildman–Crippen MR) is 95.7 cm³/mol. The van der Waals surface area contributed by atoms with E-state index in [0.717, 1.165) is 24.2 Å². The molecule has 0 spiro atoms. The Morgan fingerprint density at radius 3 is 2.33 bits per heavy atom. The maximum atomic E-state index is 13.0. The van der Waals surface area contributed by atoms with Crippen LogP contribution in [0.3, 0.4) is 0 Å². The third-order valence-corrected chi connectivity index (χ3v) is 5.11. The first-order valence-corrected chi connectivity index (χ1v) is 8.57. The summed E-state index contributed by atoms with van der Waals surface area (Å²) in [5, 5.41) is 0. The average Bonchev–Trinajstić information content (AvgIpc) is 3.25. The minimum atomic E-state index is -0.323. The van der Waals surface area contributed by atoms with Gasteiger partial charge in [-0.1, -0.05) is 45.0 Å². The van der Waals surface area contributed by atoms with Gasteiger partial charge < -0.3 is 9.47 Å². The molecule has 4 heteroatoms. The predicted octanol–water partition coefficient (Wildman–Crippen LogP) is 3.41. The maximum absolute atomic E-state index is 13.0. The van der Waals surface area contributed by atoms with E-state index in [1.807, 2.05) is 29.8 Å². The first kappa shape index (κ1) is 16.7. The number of hydrogen-bond acceptors (Lipinski definition) is 2. The number of imidazole rings is 1. The molecule has 1 aliphatic carbocycles. The number of nitrogens with zero attached hydrogens (tertiary/aromatic N) is 3. The highest BCUT2D eigenvalue weighted by atomic mass is 16.2. The molecule has 1 aromatic heterocycles. The van der Waals surface area contributed by atoms with Crippen molar-refractivity contribution >= 4 is 5.91 Å². The molecule has 0 saturated heterocycles. The van der Waals surface area contributed by atoms with Crippen LogP contribution in [0.25, 0.3) is 0 Å². The van der Waals surface area contributed by atoms with Crippen LogP contribution in [0.5, 0.6) is 0 Å². The Hall–Kier alpha value is -2.10. The Balaban J connectivity index is 1.78. The van der Waals surface area contributed by atoms with Crippen LogP contribution in [0.2, 0.25) is 0 Å². The lowest BCUT2D eigenvalue weighted by molar-refractivity contribution is -0.133. The lowest BCUT2D eigenvalue weighted by atomic mass is 9.84. The summed E-state index contributed by atoms with van der Waals surface area (Å²) < 4.78 is 1.96. The highest BCUT2D eigenvalue weighted by Crippen LogP contribution is 2.49. The summed E-state index contributed by atoms with van der Waals surface area (Å²) in [4.78, 5) is 19.2. The van der Waals surface area contributed by atoms with E-state index in [2.05, 4.69) is 50.0 Å². The first-order valence-electron chi connectivity index (χ1n) is 8.57. The zero-order valence-corrected chi connectivity index (χ0v) is 15.3. The van der Waals surface area contributed by atoms with Crippen LogP contribution < -0.4 is 0 Å². The molecule has 4 nitrogen and oxygen atoms in total. The summed E-state index contributed by atoms with van der Waals surface area (Å²) in [6.45, 7) is 7.17. The van der Waals surface area contributed by atoms with Crippen LogP contribution in [0.15, 0.2) is 36.7 Å². The van der Waals surface area contributed by atoms with Crippen molar-refractivity contribution in [1.29, 1.82) is 0 Å². The van der Waals surface area contributed by atoms with Gasteiger partial charge in [-0.25, -0.2) is 4.98 Å². The summed E-state index contributed by atoms with van der Waals surface area (Å²) in [7, 11) is 3.83. The smallest absolute Gasteiger partial charge is 0.233 e. The molecule has 128 valence electrons. The molecule has 0 unspecified atom stereocenters. The van der Waals surface area contributed by atoms with E-state index < -0.39 is 0 Å². The molecule has 1 heterocycles. The normalized spacial score (nSPS) is 16.0. The Morgan fingerprint density at radius 2 is 1.88 bits per heavy atom. The largest absolute Gasteiger partial charge is 0.338 e. The summed E-state index contributed by atoms with van der Waals surface area (Å²) in [6, 6.07) is 8.61. The molecule has 1 amide bonds. The van der Waals surface area contributed by atoms with Crippen molar-refractivity contribution in [3.8, 4) is 0 Å². The van der Waals surface area contributed by atoms with Crippen molar-refractivity contribution in [2.75, 3.05) is 7.05 Å². The van der Waals surface area contributed by atoms with Gasteiger partial charge in [0.25, 0.3) is 0 Å². The fourth-order valence-corrected chi connectivity index (χ4v) is 3.24. The van der Waals surface area contributed by atoms with Crippen molar-refractivity contribution in [1.82, 2.24) is 14.5 Å². The van der Waals surface area contributed by atoms with E-state index >= 15 is 0 Å². The van der Waals surface area contributed by atoms with Gasteiger partial charge in [0.05, 0.1) is 12.0 Å². The highest BCUT2D eigenvalue weighted by Gasteiger charge is 2.52. The second-order valence-corrected chi connectivity index (χ2v) is 8.03. The molecule has 1 saturated carbocycles. The van der Waals surface area contributed by atoms with Gasteiger partial charge >= 0.3 is 0 Å². The molecule has 0 atom stereocenters. The van der Waals surface area contributed by atoms with Crippen LogP contribution in [0, 0.1) is 0 Å².